The first-order valence-corrected chi connectivity index (χ1v) is 11.8. The molecule has 34 heavy (non-hydrogen) atoms. The van der Waals surface area contributed by atoms with E-state index in [2.05, 4.69) is 15.7 Å². The highest BCUT2D eigenvalue weighted by Crippen LogP contribution is 2.55. The number of amides is 2. The summed E-state index contributed by atoms with van der Waals surface area (Å²) in [5.41, 5.74) is 2.96. The number of carbonyl (C=O) groups excluding carboxylic acids is 2. The van der Waals surface area contributed by atoms with Gasteiger partial charge in [-0.05, 0) is 60.8 Å². The number of halogens is 1. The summed E-state index contributed by atoms with van der Waals surface area (Å²) in [4.78, 5) is 26.1. The molecule has 8 nitrogen and oxygen atoms in total. The monoisotopic (exact) mass is 479 g/mol. The average Bonchev–Trinajstić information content (AvgIpc) is 3.19. The summed E-state index contributed by atoms with van der Waals surface area (Å²) in [6.45, 7) is 1.71. The fourth-order valence-electron chi connectivity index (χ4n) is 5.14. The van der Waals surface area contributed by atoms with Gasteiger partial charge < -0.3 is 15.8 Å². The van der Waals surface area contributed by atoms with Crippen molar-refractivity contribution in [3.63, 3.8) is 0 Å². The Morgan fingerprint density at radius 1 is 1.15 bits per heavy atom. The summed E-state index contributed by atoms with van der Waals surface area (Å²) in [6, 6.07) is 9.76. The molecule has 2 fully saturated rings. The van der Waals surface area contributed by atoms with Crippen LogP contribution < -0.4 is 15.4 Å². The molecule has 2 N–H and O–H groups in total. The standard InChI is InChI=1S/C25H26ClN5O3/c1-14-22(20(26)8-10-31(14)34)15-3-5-19(6-4-15)28-25(33)23(18-12-16-11-17(16)13-18)29-24(32)21-7-9-27-30(21)2/h3-10,16-18,23H,11-13H2,1-2H3,(H,28,33)(H,29,32). The molecular weight excluding hydrogens is 454 g/mol. The molecule has 2 amide bonds. The van der Waals surface area contributed by atoms with Gasteiger partial charge in [-0.1, -0.05) is 23.7 Å². The number of nitrogens with one attached hydrogen (secondary N) is 2. The van der Waals surface area contributed by atoms with E-state index in [1.165, 1.54) is 17.3 Å². The van der Waals surface area contributed by atoms with Gasteiger partial charge >= 0.3 is 0 Å². The second-order valence-corrected chi connectivity index (χ2v) is 9.70. The van der Waals surface area contributed by atoms with Crippen molar-refractivity contribution in [1.29, 1.82) is 0 Å². The van der Waals surface area contributed by atoms with E-state index in [0.717, 1.165) is 23.1 Å². The zero-order chi connectivity index (χ0) is 24.0. The first-order valence-electron chi connectivity index (χ1n) is 11.4. The molecule has 0 spiro atoms. The Bertz CT molecular complexity index is 1250. The van der Waals surface area contributed by atoms with Crippen molar-refractivity contribution in [3.8, 4) is 11.1 Å². The predicted octanol–water partition coefficient (Wildman–Crippen LogP) is 3.47. The zero-order valence-electron chi connectivity index (χ0n) is 19.0. The van der Waals surface area contributed by atoms with Gasteiger partial charge in [0.15, 0.2) is 11.9 Å². The SMILES string of the molecule is Cc1c(-c2ccc(NC(=O)C(NC(=O)c3ccnn3C)C3CC4CC4C3)cc2)c(Cl)cc[n+]1[O-]. The highest BCUT2D eigenvalue weighted by Gasteiger charge is 2.49. The molecule has 0 aliphatic heterocycles. The van der Waals surface area contributed by atoms with E-state index in [1.807, 2.05) is 12.1 Å². The Labute approximate surface area is 202 Å². The number of hydrogen-bond acceptors (Lipinski definition) is 4. The summed E-state index contributed by atoms with van der Waals surface area (Å²) in [5.74, 6) is 0.919. The van der Waals surface area contributed by atoms with Crippen LogP contribution in [0.25, 0.3) is 11.1 Å². The molecule has 2 saturated carbocycles. The quantitative estimate of drug-likeness (QED) is 0.417. The van der Waals surface area contributed by atoms with Gasteiger partial charge in [0.05, 0.1) is 10.6 Å². The number of fused-ring (bicyclic) bond motifs is 1. The summed E-state index contributed by atoms with van der Waals surface area (Å²) < 4.78 is 2.27. The normalized spacial score (nSPS) is 21.6. The first kappa shape index (κ1) is 22.4. The second-order valence-electron chi connectivity index (χ2n) is 9.30. The van der Waals surface area contributed by atoms with Crippen LogP contribution in [0.3, 0.4) is 0 Å². The smallest absolute Gasteiger partial charge is 0.270 e. The number of hydrogen-bond donors (Lipinski definition) is 2. The molecule has 3 unspecified atom stereocenters. The Morgan fingerprint density at radius 2 is 1.85 bits per heavy atom. The lowest BCUT2D eigenvalue weighted by Crippen LogP contribution is -2.48. The Kier molecular flexibility index (Phi) is 5.77. The molecule has 0 bridgehead atoms. The van der Waals surface area contributed by atoms with E-state index in [1.54, 1.807) is 44.4 Å². The summed E-state index contributed by atoms with van der Waals surface area (Å²) in [6.07, 6.45) is 6.07. The largest absolute Gasteiger partial charge is 0.618 e. The number of rotatable bonds is 6. The fraction of sp³-hybridized carbons (Fsp3) is 0.360. The maximum absolute atomic E-state index is 13.3. The maximum Gasteiger partial charge on any atom is 0.270 e. The van der Waals surface area contributed by atoms with Crippen LogP contribution in [0.5, 0.6) is 0 Å². The molecule has 3 atom stereocenters. The average molecular weight is 480 g/mol. The fourth-order valence-corrected chi connectivity index (χ4v) is 5.44. The van der Waals surface area contributed by atoms with Crippen LogP contribution in [0.4, 0.5) is 5.69 Å². The predicted molar refractivity (Wildman–Crippen MR) is 128 cm³/mol. The third-order valence-electron chi connectivity index (χ3n) is 7.10. The van der Waals surface area contributed by atoms with Crippen molar-refractivity contribution in [2.75, 3.05) is 5.32 Å². The van der Waals surface area contributed by atoms with Crippen LogP contribution in [0.1, 0.15) is 35.4 Å². The highest BCUT2D eigenvalue weighted by molar-refractivity contribution is 6.33. The van der Waals surface area contributed by atoms with Gasteiger partial charge in [-0.15, -0.1) is 0 Å². The number of pyridine rings is 1. The molecule has 2 aromatic heterocycles. The van der Waals surface area contributed by atoms with Crippen LogP contribution in [-0.4, -0.2) is 27.6 Å². The van der Waals surface area contributed by atoms with E-state index >= 15 is 0 Å². The van der Waals surface area contributed by atoms with Gasteiger partial charge in [0, 0.05) is 31.9 Å². The van der Waals surface area contributed by atoms with Gasteiger partial charge in [-0.2, -0.15) is 9.83 Å². The first-order chi connectivity index (χ1) is 16.3. The topological polar surface area (TPSA) is 103 Å². The highest BCUT2D eigenvalue weighted by atomic mass is 35.5. The van der Waals surface area contributed by atoms with Gasteiger partial charge in [0.2, 0.25) is 5.91 Å². The Morgan fingerprint density at radius 3 is 2.50 bits per heavy atom. The molecule has 0 radical (unpaired) electrons. The third kappa shape index (κ3) is 4.25. The maximum atomic E-state index is 13.3. The molecule has 2 aliphatic rings. The molecule has 9 heteroatoms. The molecule has 0 saturated heterocycles. The van der Waals surface area contributed by atoms with Crippen LogP contribution in [-0.2, 0) is 11.8 Å². The third-order valence-corrected chi connectivity index (χ3v) is 7.42. The minimum atomic E-state index is -0.625. The number of nitrogens with zero attached hydrogens (tertiary/aromatic N) is 3. The number of anilines is 1. The van der Waals surface area contributed by atoms with Crippen LogP contribution in [0.15, 0.2) is 48.8 Å². The molecule has 1 aromatic carbocycles. The van der Waals surface area contributed by atoms with Crippen LogP contribution >= 0.6 is 11.6 Å². The second kappa shape index (κ2) is 8.76. The zero-order valence-corrected chi connectivity index (χ0v) is 19.7. The lowest BCUT2D eigenvalue weighted by Gasteiger charge is -2.25. The van der Waals surface area contributed by atoms with E-state index in [4.69, 9.17) is 11.6 Å². The number of aryl methyl sites for hydroxylation is 1. The van der Waals surface area contributed by atoms with Gasteiger partial charge in [0.25, 0.3) is 5.91 Å². The minimum Gasteiger partial charge on any atom is -0.618 e. The number of carbonyl (C=O) groups is 2. The van der Waals surface area contributed by atoms with Gasteiger partial charge in [0.1, 0.15) is 11.7 Å². The number of aromatic nitrogens is 3. The molecular formula is C25H26ClN5O3. The Balaban J connectivity index is 1.33. The molecule has 2 heterocycles. The lowest BCUT2D eigenvalue weighted by atomic mass is 9.93. The van der Waals surface area contributed by atoms with Crippen molar-refractivity contribution in [2.24, 2.45) is 24.8 Å². The van der Waals surface area contributed by atoms with Crippen molar-refractivity contribution < 1.29 is 14.3 Å². The van der Waals surface area contributed by atoms with Crippen LogP contribution in [0.2, 0.25) is 5.02 Å². The number of benzene rings is 1. The molecule has 3 aromatic rings. The Hall–Kier alpha value is -3.39. The van der Waals surface area contributed by atoms with E-state index < -0.39 is 6.04 Å². The van der Waals surface area contributed by atoms with E-state index in [9.17, 15) is 14.8 Å². The van der Waals surface area contributed by atoms with Crippen molar-refractivity contribution in [2.45, 2.75) is 32.2 Å². The molecule has 5 rings (SSSR count). The molecule has 2 aliphatic carbocycles. The van der Waals surface area contributed by atoms with Crippen molar-refractivity contribution in [3.05, 3.63) is 70.4 Å². The van der Waals surface area contributed by atoms with Crippen LogP contribution in [0, 0.1) is 29.9 Å². The van der Waals surface area contributed by atoms with Gasteiger partial charge in [-0.25, -0.2) is 0 Å². The van der Waals surface area contributed by atoms with Crippen molar-refractivity contribution in [1.82, 2.24) is 15.1 Å². The summed E-state index contributed by atoms with van der Waals surface area (Å²) in [5, 5.41) is 22.4. The summed E-state index contributed by atoms with van der Waals surface area (Å²) >= 11 is 6.32. The van der Waals surface area contributed by atoms with E-state index in [-0.39, 0.29) is 17.7 Å². The lowest BCUT2D eigenvalue weighted by molar-refractivity contribution is -0.611. The summed E-state index contributed by atoms with van der Waals surface area (Å²) in [7, 11) is 1.70. The minimum absolute atomic E-state index is 0.110. The molecule has 176 valence electrons. The van der Waals surface area contributed by atoms with E-state index in [0.29, 0.717) is 39.5 Å². The van der Waals surface area contributed by atoms with Crippen molar-refractivity contribution >= 4 is 29.1 Å². The van der Waals surface area contributed by atoms with Gasteiger partial charge in [-0.3, -0.25) is 14.3 Å².